The van der Waals surface area contributed by atoms with Crippen LogP contribution in [0.25, 0.3) is 0 Å². The summed E-state index contributed by atoms with van der Waals surface area (Å²) in [6, 6.07) is 3.70. The van der Waals surface area contributed by atoms with Gasteiger partial charge in [0.2, 0.25) is 0 Å². The normalized spacial score (nSPS) is 16.4. The van der Waals surface area contributed by atoms with E-state index in [1.807, 2.05) is 6.92 Å². The molecule has 0 saturated heterocycles. The maximum absolute atomic E-state index is 11.9. The van der Waals surface area contributed by atoms with Crippen molar-refractivity contribution in [2.45, 2.75) is 38.6 Å². The molecule has 1 fully saturated rings. The van der Waals surface area contributed by atoms with Gasteiger partial charge in [0.05, 0.1) is 0 Å². The predicted octanol–water partition coefficient (Wildman–Crippen LogP) is 2.72. The Balaban J connectivity index is 2.07. The van der Waals surface area contributed by atoms with Gasteiger partial charge in [0.25, 0.3) is 5.91 Å². The van der Waals surface area contributed by atoms with Crippen molar-refractivity contribution in [3.8, 4) is 0 Å². The van der Waals surface area contributed by atoms with Crippen LogP contribution in [-0.2, 0) is 0 Å². The topological polar surface area (TPSA) is 42.0 Å². The van der Waals surface area contributed by atoms with E-state index in [4.69, 9.17) is 11.6 Å². The number of pyridine rings is 1. The van der Waals surface area contributed by atoms with Gasteiger partial charge in [-0.2, -0.15) is 0 Å². The van der Waals surface area contributed by atoms with Crippen molar-refractivity contribution >= 4 is 17.5 Å². The van der Waals surface area contributed by atoms with E-state index in [1.54, 1.807) is 12.1 Å². The first-order valence-corrected chi connectivity index (χ1v) is 5.98. The molecule has 1 aromatic heterocycles. The van der Waals surface area contributed by atoms with Crippen molar-refractivity contribution in [3.63, 3.8) is 0 Å². The molecule has 1 saturated carbocycles. The van der Waals surface area contributed by atoms with Gasteiger partial charge < -0.3 is 5.32 Å². The summed E-state index contributed by atoms with van der Waals surface area (Å²) >= 11 is 5.82. The molecular weight excluding hydrogens is 224 g/mol. The first kappa shape index (κ1) is 11.4. The summed E-state index contributed by atoms with van der Waals surface area (Å²) in [5.74, 6) is -0.0423. The van der Waals surface area contributed by atoms with E-state index in [2.05, 4.69) is 10.3 Å². The molecule has 16 heavy (non-hydrogen) atoms. The molecule has 1 heterocycles. The number of carbonyl (C=O) groups is 1. The molecule has 0 atom stereocenters. The first-order valence-electron chi connectivity index (χ1n) is 5.60. The lowest BCUT2D eigenvalue weighted by Gasteiger charge is -2.12. The molecule has 1 aliphatic carbocycles. The maximum Gasteiger partial charge on any atom is 0.251 e. The zero-order valence-electron chi connectivity index (χ0n) is 9.29. The molecule has 4 heteroatoms. The third-order valence-corrected chi connectivity index (χ3v) is 3.07. The highest BCUT2D eigenvalue weighted by Crippen LogP contribution is 2.18. The van der Waals surface area contributed by atoms with E-state index in [0.29, 0.717) is 16.8 Å². The van der Waals surface area contributed by atoms with E-state index in [1.165, 1.54) is 12.8 Å². The number of aryl methyl sites for hydroxylation is 1. The van der Waals surface area contributed by atoms with Gasteiger partial charge in [-0.15, -0.1) is 0 Å². The van der Waals surface area contributed by atoms with Gasteiger partial charge in [-0.1, -0.05) is 24.4 Å². The fraction of sp³-hybridized carbons (Fsp3) is 0.500. The number of carbonyl (C=O) groups excluding carboxylic acids is 1. The summed E-state index contributed by atoms with van der Waals surface area (Å²) in [5, 5.41) is 3.40. The summed E-state index contributed by atoms with van der Waals surface area (Å²) in [5.41, 5.74) is 1.37. The summed E-state index contributed by atoms with van der Waals surface area (Å²) in [6.45, 7) is 1.83. The Morgan fingerprint density at radius 3 is 2.75 bits per heavy atom. The second kappa shape index (κ2) is 4.83. The molecule has 1 aliphatic rings. The monoisotopic (exact) mass is 238 g/mol. The second-order valence-corrected chi connectivity index (χ2v) is 4.66. The van der Waals surface area contributed by atoms with Crippen LogP contribution in [0, 0.1) is 6.92 Å². The average molecular weight is 239 g/mol. The number of halogens is 1. The summed E-state index contributed by atoms with van der Waals surface area (Å²) in [7, 11) is 0. The zero-order valence-corrected chi connectivity index (χ0v) is 10.0. The Hall–Kier alpha value is -1.09. The fourth-order valence-corrected chi connectivity index (χ4v) is 2.35. The minimum absolute atomic E-state index is 0.0423. The summed E-state index contributed by atoms with van der Waals surface area (Å²) < 4.78 is 0. The van der Waals surface area contributed by atoms with Gasteiger partial charge in [0.1, 0.15) is 5.15 Å². The molecule has 0 bridgehead atoms. The van der Waals surface area contributed by atoms with Gasteiger partial charge in [-0.05, 0) is 31.9 Å². The second-order valence-electron chi connectivity index (χ2n) is 4.27. The van der Waals surface area contributed by atoms with Gasteiger partial charge in [-0.3, -0.25) is 4.79 Å². The molecule has 0 spiro atoms. The molecule has 2 rings (SSSR count). The molecule has 0 aliphatic heterocycles. The summed E-state index contributed by atoms with van der Waals surface area (Å²) in [4.78, 5) is 15.9. The number of nitrogens with zero attached hydrogens (tertiary/aromatic N) is 1. The number of aromatic nitrogens is 1. The smallest absolute Gasteiger partial charge is 0.251 e. The molecule has 1 amide bonds. The molecule has 0 unspecified atom stereocenters. The number of nitrogens with one attached hydrogen (secondary N) is 1. The third kappa shape index (κ3) is 2.73. The predicted molar refractivity (Wildman–Crippen MR) is 63.7 cm³/mol. The van der Waals surface area contributed by atoms with Gasteiger partial charge in [-0.25, -0.2) is 4.98 Å². The van der Waals surface area contributed by atoms with Crippen LogP contribution in [0.15, 0.2) is 12.1 Å². The van der Waals surface area contributed by atoms with Crippen LogP contribution in [0.4, 0.5) is 0 Å². The van der Waals surface area contributed by atoms with Gasteiger partial charge in [0, 0.05) is 17.3 Å². The molecule has 0 aromatic carbocycles. The van der Waals surface area contributed by atoms with E-state index in [9.17, 15) is 4.79 Å². The Kier molecular flexibility index (Phi) is 3.44. The van der Waals surface area contributed by atoms with Crippen molar-refractivity contribution < 1.29 is 4.79 Å². The fourth-order valence-electron chi connectivity index (χ4n) is 2.10. The van der Waals surface area contributed by atoms with Crippen molar-refractivity contribution in [1.82, 2.24) is 10.3 Å². The first-order chi connectivity index (χ1) is 7.65. The Bertz CT molecular complexity index is 380. The minimum Gasteiger partial charge on any atom is -0.349 e. The number of rotatable bonds is 2. The number of hydrogen-bond acceptors (Lipinski definition) is 2. The van der Waals surface area contributed by atoms with Gasteiger partial charge in [0.15, 0.2) is 0 Å². The van der Waals surface area contributed by atoms with Crippen molar-refractivity contribution in [1.29, 1.82) is 0 Å². The van der Waals surface area contributed by atoms with Crippen molar-refractivity contribution in [2.75, 3.05) is 0 Å². The zero-order chi connectivity index (χ0) is 11.5. The van der Waals surface area contributed by atoms with Crippen LogP contribution >= 0.6 is 11.6 Å². The lowest BCUT2D eigenvalue weighted by Crippen LogP contribution is -2.32. The lowest BCUT2D eigenvalue weighted by molar-refractivity contribution is 0.0937. The van der Waals surface area contributed by atoms with Crippen molar-refractivity contribution in [3.05, 3.63) is 28.5 Å². The van der Waals surface area contributed by atoms with Crippen LogP contribution in [0.2, 0.25) is 5.15 Å². The molecule has 0 radical (unpaired) electrons. The average Bonchev–Trinajstić information content (AvgIpc) is 2.68. The molecule has 1 N–H and O–H groups in total. The number of hydrogen-bond donors (Lipinski definition) is 1. The highest BCUT2D eigenvalue weighted by molar-refractivity contribution is 6.29. The SMILES string of the molecule is Cc1cc(C(=O)NC2CCCC2)cc(Cl)n1. The van der Waals surface area contributed by atoms with Crippen LogP contribution in [0.3, 0.4) is 0 Å². The highest BCUT2D eigenvalue weighted by Gasteiger charge is 2.18. The van der Waals surface area contributed by atoms with E-state index >= 15 is 0 Å². The lowest BCUT2D eigenvalue weighted by atomic mass is 10.2. The Morgan fingerprint density at radius 2 is 2.12 bits per heavy atom. The highest BCUT2D eigenvalue weighted by atomic mass is 35.5. The largest absolute Gasteiger partial charge is 0.349 e. The third-order valence-electron chi connectivity index (χ3n) is 2.87. The van der Waals surface area contributed by atoms with E-state index < -0.39 is 0 Å². The summed E-state index contributed by atoms with van der Waals surface area (Å²) in [6.07, 6.45) is 4.59. The molecular formula is C12H15ClN2O. The quantitative estimate of drug-likeness (QED) is 0.805. The maximum atomic E-state index is 11.9. The van der Waals surface area contributed by atoms with Crippen LogP contribution in [0.1, 0.15) is 41.7 Å². The van der Waals surface area contributed by atoms with Crippen LogP contribution in [-0.4, -0.2) is 16.9 Å². The van der Waals surface area contributed by atoms with Crippen LogP contribution in [0.5, 0.6) is 0 Å². The Labute approximate surface area is 100 Å². The Morgan fingerprint density at radius 1 is 1.44 bits per heavy atom. The van der Waals surface area contributed by atoms with Crippen molar-refractivity contribution in [2.24, 2.45) is 0 Å². The number of amides is 1. The van der Waals surface area contributed by atoms with Gasteiger partial charge >= 0.3 is 0 Å². The minimum atomic E-state index is -0.0423. The van der Waals surface area contributed by atoms with Crippen LogP contribution < -0.4 is 5.32 Å². The van der Waals surface area contributed by atoms with E-state index in [-0.39, 0.29) is 5.91 Å². The molecule has 86 valence electrons. The standard InChI is InChI=1S/C12H15ClN2O/c1-8-6-9(7-11(13)14-8)12(16)15-10-4-2-3-5-10/h6-7,10H,2-5H2,1H3,(H,15,16). The molecule has 1 aromatic rings. The van der Waals surface area contributed by atoms with E-state index in [0.717, 1.165) is 18.5 Å². The molecule has 3 nitrogen and oxygen atoms in total.